The molecule has 102 valence electrons. The topological polar surface area (TPSA) is 32.3 Å². The Labute approximate surface area is 115 Å². The van der Waals surface area contributed by atoms with Crippen LogP contribution in [0.2, 0.25) is 0 Å². The largest absolute Gasteiger partial charge is 0.317 e. The van der Waals surface area contributed by atoms with Crippen LogP contribution in [-0.4, -0.2) is 25.0 Å². The average molecular weight is 258 g/mol. The molecule has 0 radical (unpaired) electrons. The van der Waals surface area contributed by atoms with Crippen LogP contribution in [0.4, 0.5) is 5.69 Å². The van der Waals surface area contributed by atoms with Gasteiger partial charge in [-0.05, 0) is 50.9 Å². The van der Waals surface area contributed by atoms with Crippen molar-refractivity contribution in [2.24, 2.45) is 0 Å². The Morgan fingerprint density at radius 1 is 1.32 bits per heavy atom. The van der Waals surface area contributed by atoms with Crippen molar-refractivity contribution in [2.45, 2.75) is 44.6 Å². The summed E-state index contributed by atoms with van der Waals surface area (Å²) in [6.45, 7) is 6.23. The van der Waals surface area contributed by atoms with Gasteiger partial charge in [0, 0.05) is 11.7 Å². The second-order valence-corrected chi connectivity index (χ2v) is 5.86. The Morgan fingerprint density at radius 3 is 2.68 bits per heavy atom. The quantitative estimate of drug-likeness (QED) is 0.883. The third kappa shape index (κ3) is 1.79. The van der Waals surface area contributed by atoms with E-state index in [1.54, 1.807) is 0 Å². The maximum atomic E-state index is 12.9. The van der Waals surface area contributed by atoms with Gasteiger partial charge in [-0.2, -0.15) is 0 Å². The Kier molecular flexibility index (Phi) is 3.09. The molecule has 3 heteroatoms. The maximum Gasteiger partial charge on any atom is 0.237 e. The number of benzene rings is 1. The molecule has 3 rings (SSSR count). The van der Waals surface area contributed by atoms with Crippen molar-refractivity contribution in [3.05, 3.63) is 29.8 Å². The number of anilines is 1. The molecule has 3 nitrogen and oxygen atoms in total. The zero-order chi connectivity index (χ0) is 13.5. The number of carbonyl (C=O) groups excluding carboxylic acids is 1. The molecule has 2 heterocycles. The number of hydrogen-bond acceptors (Lipinski definition) is 2. The lowest BCUT2D eigenvalue weighted by molar-refractivity contribution is -0.123. The minimum absolute atomic E-state index is 0.295. The molecule has 0 aliphatic carbocycles. The summed E-state index contributed by atoms with van der Waals surface area (Å²) < 4.78 is 0. The Morgan fingerprint density at radius 2 is 2.00 bits per heavy atom. The zero-order valence-corrected chi connectivity index (χ0v) is 11.8. The van der Waals surface area contributed by atoms with E-state index in [2.05, 4.69) is 36.2 Å². The Balaban J connectivity index is 2.04. The van der Waals surface area contributed by atoms with Gasteiger partial charge >= 0.3 is 0 Å². The molecule has 1 amide bonds. The van der Waals surface area contributed by atoms with E-state index in [4.69, 9.17) is 0 Å². The van der Waals surface area contributed by atoms with Crippen LogP contribution >= 0.6 is 0 Å². The monoisotopic (exact) mass is 258 g/mol. The predicted molar refractivity (Wildman–Crippen MR) is 77.5 cm³/mol. The molecule has 2 aliphatic heterocycles. The Hall–Kier alpha value is -1.35. The second kappa shape index (κ2) is 4.64. The number of piperidine rings is 1. The first-order valence-electron chi connectivity index (χ1n) is 7.32. The fourth-order valence-corrected chi connectivity index (χ4v) is 3.41. The number of para-hydroxylation sites is 1. The molecule has 0 aromatic heterocycles. The van der Waals surface area contributed by atoms with E-state index in [1.165, 1.54) is 5.56 Å². The number of nitrogens with zero attached hydrogens (tertiary/aromatic N) is 1. The first-order chi connectivity index (χ1) is 9.18. The van der Waals surface area contributed by atoms with Gasteiger partial charge in [0.1, 0.15) is 0 Å². The van der Waals surface area contributed by atoms with E-state index < -0.39 is 0 Å². The third-order valence-corrected chi connectivity index (χ3v) is 4.83. The molecule has 2 aliphatic rings. The number of hydrogen-bond donors (Lipinski definition) is 1. The molecule has 1 saturated heterocycles. The van der Waals surface area contributed by atoms with E-state index in [-0.39, 0.29) is 5.41 Å². The summed E-state index contributed by atoms with van der Waals surface area (Å²) in [6.07, 6.45) is 2.98. The van der Waals surface area contributed by atoms with Crippen molar-refractivity contribution < 1.29 is 4.79 Å². The minimum atomic E-state index is -0.332. The Bertz CT molecular complexity index is 493. The van der Waals surface area contributed by atoms with Gasteiger partial charge in [0.2, 0.25) is 5.91 Å². The number of amides is 1. The van der Waals surface area contributed by atoms with E-state index in [0.29, 0.717) is 11.9 Å². The van der Waals surface area contributed by atoms with Crippen LogP contribution in [0.15, 0.2) is 24.3 Å². The molecule has 1 atom stereocenters. The van der Waals surface area contributed by atoms with Crippen LogP contribution in [0.3, 0.4) is 0 Å². The summed E-state index contributed by atoms with van der Waals surface area (Å²) >= 11 is 0. The highest BCUT2D eigenvalue weighted by Crippen LogP contribution is 2.45. The van der Waals surface area contributed by atoms with Gasteiger partial charge < -0.3 is 10.2 Å². The molecule has 0 saturated carbocycles. The molecule has 19 heavy (non-hydrogen) atoms. The second-order valence-electron chi connectivity index (χ2n) is 5.86. The van der Waals surface area contributed by atoms with Crippen LogP contribution < -0.4 is 10.2 Å². The summed E-state index contributed by atoms with van der Waals surface area (Å²) in [7, 11) is 0. The summed E-state index contributed by atoms with van der Waals surface area (Å²) in [6, 6.07) is 8.69. The van der Waals surface area contributed by atoms with Crippen LogP contribution in [-0.2, 0) is 10.2 Å². The highest BCUT2D eigenvalue weighted by atomic mass is 16.2. The zero-order valence-electron chi connectivity index (χ0n) is 11.8. The maximum absolute atomic E-state index is 12.9. The summed E-state index contributed by atoms with van der Waals surface area (Å²) in [4.78, 5) is 15.0. The molecule has 0 spiro atoms. The van der Waals surface area contributed by atoms with Crippen molar-refractivity contribution in [1.82, 2.24) is 5.32 Å². The standard InChI is InChI=1S/C16H22N2O/c1-3-16(2)13-6-4-5-7-14(13)18(15(16)19)12-8-10-17-11-9-12/h4-7,12,17H,3,8-11H2,1-2H3. The van der Waals surface area contributed by atoms with Crippen LogP contribution in [0.5, 0.6) is 0 Å². The van der Waals surface area contributed by atoms with Crippen LogP contribution in [0.1, 0.15) is 38.7 Å². The number of carbonyl (C=O) groups is 1. The fraction of sp³-hybridized carbons (Fsp3) is 0.562. The average Bonchev–Trinajstić information content (AvgIpc) is 2.70. The lowest BCUT2D eigenvalue weighted by atomic mass is 9.81. The van der Waals surface area contributed by atoms with Gasteiger partial charge in [0.25, 0.3) is 0 Å². The number of fused-ring (bicyclic) bond motifs is 1. The van der Waals surface area contributed by atoms with Gasteiger partial charge in [-0.1, -0.05) is 25.1 Å². The number of nitrogens with one attached hydrogen (secondary N) is 1. The van der Waals surface area contributed by atoms with E-state index >= 15 is 0 Å². The molecule has 1 aromatic rings. The fourth-order valence-electron chi connectivity index (χ4n) is 3.41. The van der Waals surface area contributed by atoms with Crippen molar-refractivity contribution >= 4 is 11.6 Å². The summed E-state index contributed by atoms with van der Waals surface area (Å²) in [5.74, 6) is 0.295. The summed E-state index contributed by atoms with van der Waals surface area (Å²) in [5.41, 5.74) is 2.02. The molecule has 1 unspecified atom stereocenters. The van der Waals surface area contributed by atoms with Crippen molar-refractivity contribution in [1.29, 1.82) is 0 Å². The molecule has 1 fully saturated rings. The van der Waals surface area contributed by atoms with E-state index in [0.717, 1.165) is 38.0 Å². The van der Waals surface area contributed by atoms with Crippen molar-refractivity contribution in [3.63, 3.8) is 0 Å². The minimum Gasteiger partial charge on any atom is -0.317 e. The van der Waals surface area contributed by atoms with Crippen LogP contribution in [0, 0.1) is 0 Å². The normalized spacial score (nSPS) is 27.7. The van der Waals surface area contributed by atoms with Crippen molar-refractivity contribution in [2.75, 3.05) is 18.0 Å². The van der Waals surface area contributed by atoms with Gasteiger partial charge in [0.15, 0.2) is 0 Å². The van der Waals surface area contributed by atoms with Gasteiger partial charge in [-0.25, -0.2) is 0 Å². The number of rotatable bonds is 2. The molecule has 1 N–H and O–H groups in total. The molecule has 1 aromatic carbocycles. The first kappa shape index (κ1) is 12.7. The lowest BCUT2D eigenvalue weighted by Crippen LogP contribution is -2.48. The van der Waals surface area contributed by atoms with Gasteiger partial charge in [-0.15, -0.1) is 0 Å². The molecular weight excluding hydrogens is 236 g/mol. The van der Waals surface area contributed by atoms with E-state index in [9.17, 15) is 4.79 Å². The van der Waals surface area contributed by atoms with Gasteiger partial charge in [0.05, 0.1) is 5.41 Å². The smallest absolute Gasteiger partial charge is 0.237 e. The van der Waals surface area contributed by atoms with Gasteiger partial charge in [-0.3, -0.25) is 4.79 Å². The van der Waals surface area contributed by atoms with Crippen molar-refractivity contribution in [3.8, 4) is 0 Å². The third-order valence-electron chi connectivity index (χ3n) is 4.83. The highest BCUT2D eigenvalue weighted by Gasteiger charge is 2.47. The molecular formula is C16H22N2O. The SMILES string of the molecule is CCC1(C)C(=O)N(C2CCNCC2)c2ccccc21. The highest BCUT2D eigenvalue weighted by molar-refractivity contribution is 6.08. The first-order valence-corrected chi connectivity index (χ1v) is 7.32. The predicted octanol–water partition coefficient (Wildman–Crippen LogP) is 2.45. The molecule has 0 bridgehead atoms. The van der Waals surface area contributed by atoms with E-state index in [1.807, 2.05) is 12.1 Å². The van der Waals surface area contributed by atoms with Crippen LogP contribution in [0.25, 0.3) is 0 Å². The lowest BCUT2D eigenvalue weighted by Gasteiger charge is -2.33. The summed E-state index contributed by atoms with van der Waals surface area (Å²) in [5, 5.41) is 3.37.